The van der Waals surface area contributed by atoms with Gasteiger partial charge in [-0.1, -0.05) is 76.2 Å². The number of para-hydroxylation sites is 1. The number of hydrogen-bond donors (Lipinski definition) is 1. The number of nitrogens with zero attached hydrogens (tertiary/aromatic N) is 3. The predicted octanol–water partition coefficient (Wildman–Crippen LogP) is 5.93. The van der Waals surface area contributed by atoms with Crippen molar-refractivity contribution in [1.29, 1.82) is 0 Å². The third-order valence-electron chi connectivity index (χ3n) is 5.68. The SMILES string of the molecule is CC(=NNC(=O)CSc1nc2ccccc2c(=O)n1-c1ccc(Br)cc1)c1ccc2ccccc2c1. The van der Waals surface area contributed by atoms with Gasteiger partial charge in [-0.2, -0.15) is 5.10 Å². The number of halogens is 1. The van der Waals surface area contributed by atoms with E-state index in [-0.39, 0.29) is 17.2 Å². The summed E-state index contributed by atoms with van der Waals surface area (Å²) in [7, 11) is 0. The van der Waals surface area contributed by atoms with Crippen molar-refractivity contribution >= 4 is 61.0 Å². The van der Waals surface area contributed by atoms with Crippen molar-refractivity contribution in [2.24, 2.45) is 5.10 Å². The number of carbonyl (C=O) groups excluding carboxylic acids is 1. The van der Waals surface area contributed by atoms with E-state index >= 15 is 0 Å². The first-order valence-electron chi connectivity index (χ1n) is 11.2. The number of carbonyl (C=O) groups is 1. The monoisotopic (exact) mass is 556 g/mol. The standard InChI is InChI=1S/C28H21BrN4O2S/c1-18(20-11-10-19-6-2-3-7-21(19)16-20)31-32-26(34)17-36-28-30-25-9-5-4-8-24(25)27(35)33(28)23-14-12-22(29)13-15-23/h2-16H,17H2,1H3,(H,32,34). The van der Waals surface area contributed by atoms with E-state index in [1.165, 1.54) is 16.3 Å². The molecule has 0 unspecified atom stereocenters. The van der Waals surface area contributed by atoms with Crippen LogP contribution >= 0.6 is 27.7 Å². The van der Waals surface area contributed by atoms with Crippen LogP contribution in [0.3, 0.4) is 0 Å². The van der Waals surface area contributed by atoms with Gasteiger partial charge in [0.15, 0.2) is 5.16 Å². The molecule has 5 aromatic rings. The predicted molar refractivity (Wildman–Crippen MR) is 150 cm³/mol. The maximum atomic E-state index is 13.3. The molecule has 0 saturated carbocycles. The molecule has 8 heteroatoms. The average molecular weight is 557 g/mol. The smallest absolute Gasteiger partial charge is 0.266 e. The maximum absolute atomic E-state index is 13.3. The molecule has 178 valence electrons. The molecule has 0 aliphatic heterocycles. The van der Waals surface area contributed by atoms with Crippen LogP contribution in [0.1, 0.15) is 12.5 Å². The molecule has 0 aliphatic rings. The molecule has 1 N–H and O–H groups in total. The Balaban J connectivity index is 1.37. The number of hydrazone groups is 1. The van der Waals surface area contributed by atoms with Crippen LogP contribution in [-0.2, 0) is 4.79 Å². The molecule has 0 spiro atoms. The van der Waals surface area contributed by atoms with E-state index in [1.807, 2.05) is 79.7 Å². The van der Waals surface area contributed by atoms with Crippen LogP contribution in [-0.4, -0.2) is 26.9 Å². The zero-order valence-electron chi connectivity index (χ0n) is 19.3. The lowest BCUT2D eigenvalue weighted by atomic mass is 10.0. The fourth-order valence-corrected chi connectivity index (χ4v) is 4.88. The van der Waals surface area contributed by atoms with Gasteiger partial charge >= 0.3 is 0 Å². The maximum Gasteiger partial charge on any atom is 0.266 e. The van der Waals surface area contributed by atoms with Crippen LogP contribution in [0.5, 0.6) is 0 Å². The lowest BCUT2D eigenvalue weighted by molar-refractivity contribution is -0.118. The minimum Gasteiger partial charge on any atom is -0.272 e. The summed E-state index contributed by atoms with van der Waals surface area (Å²) in [6.07, 6.45) is 0. The lowest BCUT2D eigenvalue weighted by Crippen LogP contribution is -2.24. The first kappa shape index (κ1) is 24.0. The Hall–Kier alpha value is -3.75. The van der Waals surface area contributed by atoms with Crippen molar-refractivity contribution in [3.05, 3.63) is 111 Å². The molecule has 0 fully saturated rings. The van der Waals surface area contributed by atoms with Crippen molar-refractivity contribution in [1.82, 2.24) is 15.0 Å². The van der Waals surface area contributed by atoms with Crippen molar-refractivity contribution in [3.63, 3.8) is 0 Å². The van der Waals surface area contributed by atoms with Crippen molar-refractivity contribution in [2.75, 3.05) is 5.75 Å². The number of thioether (sulfide) groups is 1. The Morgan fingerprint density at radius 2 is 1.69 bits per heavy atom. The van der Waals surface area contributed by atoms with Gasteiger partial charge in [-0.15, -0.1) is 0 Å². The minimum atomic E-state index is -0.287. The van der Waals surface area contributed by atoms with Crippen LogP contribution in [0, 0.1) is 0 Å². The number of amides is 1. The molecule has 0 bridgehead atoms. The number of hydrogen-bond acceptors (Lipinski definition) is 5. The molecule has 4 aromatic carbocycles. The molecule has 1 heterocycles. The van der Waals surface area contributed by atoms with Gasteiger partial charge in [0.25, 0.3) is 11.5 Å². The van der Waals surface area contributed by atoms with E-state index < -0.39 is 0 Å². The average Bonchev–Trinajstić information content (AvgIpc) is 2.91. The summed E-state index contributed by atoms with van der Waals surface area (Å²) in [4.78, 5) is 30.6. The summed E-state index contributed by atoms with van der Waals surface area (Å²) in [5.41, 5.74) is 5.34. The molecular formula is C28H21BrN4O2S. The number of rotatable bonds is 6. The molecule has 5 rings (SSSR count). The van der Waals surface area contributed by atoms with Crippen LogP contribution in [0.15, 0.2) is 111 Å². The largest absolute Gasteiger partial charge is 0.272 e. The second-order valence-corrected chi connectivity index (χ2v) is 9.97. The van der Waals surface area contributed by atoms with Crippen LogP contribution in [0.4, 0.5) is 0 Å². The number of aromatic nitrogens is 2. The van der Waals surface area contributed by atoms with E-state index in [2.05, 4.69) is 37.5 Å². The van der Waals surface area contributed by atoms with Crippen molar-refractivity contribution < 1.29 is 4.79 Å². The van der Waals surface area contributed by atoms with E-state index in [0.29, 0.717) is 27.5 Å². The van der Waals surface area contributed by atoms with Crippen LogP contribution in [0.2, 0.25) is 0 Å². The zero-order valence-corrected chi connectivity index (χ0v) is 21.7. The van der Waals surface area contributed by atoms with Gasteiger partial charge in [0.05, 0.1) is 28.1 Å². The second-order valence-electron chi connectivity index (χ2n) is 8.11. The molecule has 0 atom stereocenters. The van der Waals surface area contributed by atoms with Gasteiger partial charge in [0, 0.05) is 4.47 Å². The fraction of sp³-hybridized carbons (Fsp3) is 0.0714. The summed E-state index contributed by atoms with van der Waals surface area (Å²) < 4.78 is 2.44. The molecule has 0 radical (unpaired) electrons. The molecule has 6 nitrogen and oxygen atoms in total. The van der Waals surface area contributed by atoms with Crippen LogP contribution in [0.25, 0.3) is 27.4 Å². The quantitative estimate of drug-likeness (QED) is 0.122. The first-order valence-corrected chi connectivity index (χ1v) is 13.0. The zero-order chi connectivity index (χ0) is 25.1. The third-order valence-corrected chi connectivity index (χ3v) is 7.14. The Morgan fingerprint density at radius 1 is 0.972 bits per heavy atom. The molecule has 1 aromatic heterocycles. The van der Waals surface area contributed by atoms with Gasteiger partial charge in [-0.25, -0.2) is 10.4 Å². The van der Waals surface area contributed by atoms with Gasteiger partial charge in [0.1, 0.15) is 0 Å². The van der Waals surface area contributed by atoms with Gasteiger partial charge in [-0.05, 0) is 65.7 Å². The Labute approximate surface area is 220 Å². The molecule has 0 aliphatic carbocycles. The highest BCUT2D eigenvalue weighted by atomic mass is 79.9. The van der Waals surface area contributed by atoms with Crippen molar-refractivity contribution in [3.8, 4) is 5.69 Å². The molecule has 36 heavy (non-hydrogen) atoms. The molecule has 0 saturated heterocycles. The highest BCUT2D eigenvalue weighted by molar-refractivity contribution is 9.10. The summed E-state index contributed by atoms with van der Waals surface area (Å²) in [5, 5.41) is 7.49. The van der Waals surface area contributed by atoms with Gasteiger partial charge < -0.3 is 0 Å². The summed E-state index contributed by atoms with van der Waals surface area (Å²) in [6.45, 7) is 1.85. The Bertz CT molecular complexity index is 1680. The minimum absolute atomic E-state index is 0.0514. The summed E-state index contributed by atoms with van der Waals surface area (Å²) in [5.74, 6) is -0.236. The fourth-order valence-electron chi connectivity index (χ4n) is 3.81. The Kier molecular flexibility index (Phi) is 6.97. The third kappa shape index (κ3) is 5.10. The van der Waals surface area contributed by atoms with E-state index in [1.54, 1.807) is 12.1 Å². The van der Waals surface area contributed by atoms with E-state index in [0.717, 1.165) is 20.8 Å². The lowest BCUT2D eigenvalue weighted by Gasteiger charge is -2.13. The van der Waals surface area contributed by atoms with E-state index in [9.17, 15) is 9.59 Å². The summed E-state index contributed by atoms with van der Waals surface area (Å²) in [6, 6.07) is 28.8. The topological polar surface area (TPSA) is 76.3 Å². The number of benzene rings is 4. The van der Waals surface area contributed by atoms with Crippen LogP contribution < -0.4 is 11.0 Å². The Morgan fingerprint density at radius 3 is 2.50 bits per heavy atom. The van der Waals surface area contributed by atoms with E-state index in [4.69, 9.17) is 0 Å². The number of fused-ring (bicyclic) bond motifs is 2. The first-order chi connectivity index (χ1) is 17.5. The normalized spacial score (nSPS) is 11.7. The summed E-state index contributed by atoms with van der Waals surface area (Å²) >= 11 is 4.62. The highest BCUT2D eigenvalue weighted by Crippen LogP contribution is 2.22. The number of nitrogens with one attached hydrogen (secondary N) is 1. The van der Waals surface area contributed by atoms with Gasteiger partial charge in [0.2, 0.25) is 0 Å². The van der Waals surface area contributed by atoms with Gasteiger partial charge in [-0.3, -0.25) is 14.2 Å². The highest BCUT2D eigenvalue weighted by Gasteiger charge is 2.15. The molecule has 1 amide bonds. The molecular weight excluding hydrogens is 536 g/mol. The van der Waals surface area contributed by atoms with Crippen molar-refractivity contribution in [2.45, 2.75) is 12.1 Å². The second kappa shape index (κ2) is 10.5.